The molecule has 1 atom stereocenters. The van der Waals surface area contributed by atoms with Gasteiger partial charge in [0.05, 0.1) is 13.0 Å². The van der Waals surface area contributed by atoms with Crippen molar-refractivity contribution in [3.63, 3.8) is 0 Å². The number of unbranched alkanes of at least 4 members (excludes halogenated alkanes) is 22. The zero-order valence-corrected chi connectivity index (χ0v) is 32.2. The molecular formula is C43H73N3O4. The van der Waals surface area contributed by atoms with Gasteiger partial charge in [0.15, 0.2) is 0 Å². The molecular weight excluding hydrogens is 622 g/mol. The smallest absolute Gasteiger partial charge is 0.258 e. The number of rotatable bonds is 31. The quantitative estimate of drug-likeness (QED) is 0.0617. The maximum Gasteiger partial charge on any atom is 0.258 e. The fraction of sp³-hybridized carbons (Fsp3) is 0.767. The maximum absolute atomic E-state index is 13.3. The molecule has 1 aromatic rings. The van der Waals surface area contributed by atoms with Crippen molar-refractivity contribution in [3.8, 4) is 0 Å². The molecule has 0 bridgehead atoms. The number of likely N-dealkylation sites (tertiary alicyclic amines) is 1. The van der Waals surface area contributed by atoms with Gasteiger partial charge in [-0.2, -0.15) is 0 Å². The van der Waals surface area contributed by atoms with Gasteiger partial charge in [0.2, 0.25) is 17.7 Å². The second-order valence-electron chi connectivity index (χ2n) is 14.8. The van der Waals surface area contributed by atoms with Gasteiger partial charge in [-0.05, 0) is 37.9 Å². The lowest BCUT2D eigenvalue weighted by atomic mass is 10.0. The molecule has 1 heterocycles. The highest BCUT2D eigenvalue weighted by Gasteiger charge is 2.39. The van der Waals surface area contributed by atoms with Crippen molar-refractivity contribution >= 4 is 23.6 Å². The number of nitrogens with one attached hydrogen (secondary N) is 1. The van der Waals surface area contributed by atoms with Crippen molar-refractivity contribution in [1.82, 2.24) is 15.1 Å². The summed E-state index contributed by atoms with van der Waals surface area (Å²) in [6, 6.07) is 8.27. The molecule has 1 saturated heterocycles. The minimum atomic E-state index is -0.847. The molecule has 1 N–H and O–H groups in total. The first-order valence-electron chi connectivity index (χ1n) is 20.9. The lowest BCUT2D eigenvalue weighted by molar-refractivity contribution is -0.158. The van der Waals surface area contributed by atoms with Gasteiger partial charge < -0.3 is 5.32 Å². The first kappa shape index (κ1) is 43.6. The maximum atomic E-state index is 13.3. The average Bonchev–Trinajstić information content (AvgIpc) is 3.10. The van der Waals surface area contributed by atoms with Crippen LogP contribution in [0.15, 0.2) is 30.3 Å². The summed E-state index contributed by atoms with van der Waals surface area (Å²) < 4.78 is 0. The Morgan fingerprint density at radius 3 is 1.50 bits per heavy atom. The third kappa shape index (κ3) is 20.3. The Morgan fingerprint density at radius 1 is 0.640 bits per heavy atom. The van der Waals surface area contributed by atoms with Gasteiger partial charge in [0.25, 0.3) is 5.91 Å². The lowest BCUT2D eigenvalue weighted by Crippen LogP contribution is -2.57. The molecule has 1 fully saturated rings. The van der Waals surface area contributed by atoms with Gasteiger partial charge in [-0.3, -0.25) is 24.1 Å². The van der Waals surface area contributed by atoms with E-state index in [4.69, 9.17) is 0 Å². The Kier molecular flexibility index (Phi) is 25.4. The molecule has 2 rings (SSSR count). The molecule has 0 aromatic heterocycles. The lowest BCUT2D eigenvalue weighted by Gasteiger charge is -2.30. The summed E-state index contributed by atoms with van der Waals surface area (Å²) in [5.74, 6) is -1.83. The second-order valence-corrected chi connectivity index (χ2v) is 14.8. The Balaban J connectivity index is 1.76. The van der Waals surface area contributed by atoms with Gasteiger partial charge >= 0.3 is 0 Å². The fourth-order valence-electron chi connectivity index (χ4n) is 7.09. The number of imide groups is 3. The minimum Gasteiger partial charge on any atom is -0.343 e. The van der Waals surface area contributed by atoms with Crippen LogP contribution >= 0.6 is 0 Å². The van der Waals surface area contributed by atoms with Gasteiger partial charge in [0.1, 0.15) is 6.04 Å². The predicted octanol–water partition coefficient (Wildman–Crippen LogP) is 10.1. The van der Waals surface area contributed by atoms with E-state index in [1.165, 1.54) is 141 Å². The van der Waals surface area contributed by atoms with E-state index in [2.05, 4.69) is 24.1 Å². The number of hydrogen-bond acceptors (Lipinski definition) is 5. The number of carbonyl (C=O) groups is 4. The number of nitrogens with zero attached hydrogens (tertiary/aromatic N) is 2. The van der Waals surface area contributed by atoms with Crippen molar-refractivity contribution < 1.29 is 19.2 Å². The summed E-state index contributed by atoms with van der Waals surface area (Å²) in [7, 11) is 0. The van der Waals surface area contributed by atoms with Gasteiger partial charge in [0, 0.05) is 6.42 Å². The fourth-order valence-corrected chi connectivity index (χ4v) is 7.09. The van der Waals surface area contributed by atoms with Gasteiger partial charge in [-0.25, -0.2) is 4.90 Å². The molecule has 0 spiro atoms. The normalized spacial score (nSPS) is 14.9. The van der Waals surface area contributed by atoms with E-state index in [0.29, 0.717) is 0 Å². The molecule has 0 saturated carbocycles. The van der Waals surface area contributed by atoms with Crippen molar-refractivity contribution in [1.29, 1.82) is 0 Å². The SMILES string of the molecule is CCCCCCCCCCCCCCN(CCCCCCCCCCCCCC)CC(=O)NC1CCC(=O)N(C(=O)Cc2ccccc2)C1=O. The summed E-state index contributed by atoms with van der Waals surface area (Å²) in [4.78, 5) is 55.1. The molecule has 0 radical (unpaired) electrons. The summed E-state index contributed by atoms with van der Waals surface area (Å²) in [6.45, 7) is 6.53. The minimum absolute atomic E-state index is 0.0230. The molecule has 1 aromatic carbocycles. The number of benzene rings is 1. The van der Waals surface area contributed by atoms with Gasteiger partial charge in [-0.1, -0.05) is 185 Å². The standard InChI is InChI=1S/C43H73N3O4/c1-3-5-7-9-11-13-15-17-19-21-23-28-34-45(35-29-24-22-20-18-16-14-12-10-8-6-4-2)37-40(47)44-39-32-33-41(48)46(43(39)50)42(49)36-38-30-26-25-27-31-38/h25-27,30-31,39H,3-24,28-29,32-37H2,1-2H3,(H,44,47). The van der Waals surface area contributed by atoms with E-state index >= 15 is 0 Å². The topological polar surface area (TPSA) is 86.8 Å². The van der Waals surface area contributed by atoms with Crippen molar-refractivity contribution in [2.45, 2.75) is 193 Å². The number of piperidine rings is 1. The number of amides is 4. The number of hydrogen-bond donors (Lipinski definition) is 1. The van der Waals surface area contributed by atoms with Crippen molar-refractivity contribution in [3.05, 3.63) is 35.9 Å². The molecule has 1 aliphatic rings. The van der Waals surface area contributed by atoms with Crippen LogP contribution in [-0.4, -0.2) is 59.1 Å². The molecule has 0 aliphatic carbocycles. The van der Waals surface area contributed by atoms with Crippen LogP contribution in [0.5, 0.6) is 0 Å². The highest BCUT2D eigenvalue weighted by atomic mass is 16.2. The Morgan fingerprint density at radius 2 is 1.06 bits per heavy atom. The van der Waals surface area contributed by atoms with E-state index in [1.807, 2.05) is 18.2 Å². The summed E-state index contributed by atoms with van der Waals surface area (Å²) in [5, 5.41) is 2.88. The molecule has 1 aliphatic heterocycles. The summed E-state index contributed by atoms with van der Waals surface area (Å²) >= 11 is 0. The van der Waals surface area contributed by atoms with Crippen LogP contribution in [0.1, 0.15) is 186 Å². The molecule has 7 heteroatoms. The zero-order valence-electron chi connectivity index (χ0n) is 32.2. The van der Waals surface area contributed by atoms with E-state index in [1.54, 1.807) is 12.1 Å². The number of carbonyl (C=O) groups excluding carboxylic acids is 4. The first-order chi connectivity index (χ1) is 24.5. The van der Waals surface area contributed by atoms with Gasteiger partial charge in [-0.15, -0.1) is 0 Å². The predicted molar refractivity (Wildman–Crippen MR) is 207 cm³/mol. The second kappa shape index (κ2) is 29.1. The van der Waals surface area contributed by atoms with Crippen molar-refractivity contribution in [2.75, 3.05) is 19.6 Å². The summed E-state index contributed by atoms with van der Waals surface area (Å²) in [6.07, 6.45) is 31.5. The van der Waals surface area contributed by atoms with Crippen LogP contribution in [0.25, 0.3) is 0 Å². The Hall–Kier alpha value is -2.54. The largest absolute Gasteiger partial charge is 0.343 e. The van der Waals surface area contributed by atoms with Crippen LogP contribution in [0.4, 0.5) is 0 Å². The first-order valence-corrected chi connectivity index (χ1v) is 20.9. The van der Waals surface area contributed by atoms with Crippen LogP contribution in [0.3, 0.4) is 0 Å². The zero-order chi connectivity index (χ0) is 36.1. The molecule has 284 valence electrons. The highest BCUT2D eigenvalue weighted by molar-refractivity contribution is 6.14. The van der Waals surface area contributed by atoms with E-state index < -0.39 is 23.8 Å². The third-order valence-electron chi connectivity index (χ3n) is 10.2. The Labute approximate surface area is 306 Å². The van der Waals surface area contributed by atoms with E-state index in [9.17, 15) is 19.2 Å². The van der Waals surface area contributed by atoms with Crippen LogP contribution in [0, 0.1) is 0 Å². The summed E-state index contributed by atoms with van der Waals surface area (Å²) in [5.41, 5.74) is 0.746. The van der Waals surface area contributed by atoms with E-state index in [0.717, 1.165) is 36.4 Å². The van der Waals surface area contributed by atoms with E-state index in [-0.39, 0.29) is 31.7 Å². The van der Waals surface area contributed by atoms with Crippen LogP contribution < -0.4 is 5.32 Å². The third-order valence-corrected chi connectivity index (χ3v) is 10.2. The highest BCUT2D eigenvalue weighted by Crippen LogP contribution is 2.17. The monoisotopic (exact) mass is 696 g/mol. The molecule has 50 heavy (non-hydrogen) atoms. The molecule has 4 amide bonds. The van der Waals surface area contributed by atoms with Crippen LogP contribution in [-0.2, 0) is 25.6 Å². The molecule has 7 nitrogen and oxygen atoms in total. The van der Waals surface area contributed by atoms with Crippen molar-refractivity contribution in [2.24, 2.45) is 0 Å². The molecule has 1 unspecified atom stereocenters. The Bertz CT molecular complexity index is 1020. The van der Waals surface area contributed by atoms with Crippen LogP contribution in [0.2, 0.25) is 0 Å². The average molecular weight is 696 g/mol.